The maximum Gasteiger partial charge on any atom is 0.407 e. The Hall–Kier alpha value is -9.39. The first-order valence-electron chi connectivity index (χ1n) is 30.9. The molecule has 6 heterocycles. The molecule has 0 bridgehead atoms. The van der Waals surface area contributed by atoms with Crippen molar-refractivity contribution >= 4 is 118 Å². The zero-order chi connectivity index (χ0) is 65.1. The predicted octanol–water partition coefficient (Wildman–Crippen LogP) is 10.8. The van der Waals surface area contributed by atoms with Gasteiger partial charge in [0.25, 0.3) is 0 Å². The Morgan fingerprint density at radius 1 is 0.505 bits per heavy atom. The van der Waals surface area contributed by atoms with Crippen molar-refractivity contribution in [2.75, 3.05) is 54.0 Å². The van der Waals surface area contributed by atoms with Gasteiger partial charge < -0.3 is 36.2 Å². The number of aromatic amines is 1. The molecule has 12 aromatic rings. The minimum absolute atomic E-state index is 0.0521. The third kappa shape index (κ3) is 12.2. The number of amides is 1. The summed E-state index contributed by atoms with van der Waals surface area (Å²) in [7, 11) is -7.96. The van der Waals surface area contributed by atoms with Crippen LogP contribution in [0.15, 0.2) is 212 Å². The normalized spacial score (nSPS) is 17.2. The van der Waals surface area contributed by atoms with Crippen LogP contribution in [0.2, 0.25) is 0 Å². The molecule has 20 nitrogen and oxygen atoms in total. The van der Waals surface area contributed by atoms with Gasteiger partial charge in [0.1, 0.15) is 5.60 Å². The summed E-state index contributed by atoms with van der Waals surface area (Å²) in [5.41, 5.74) is 16.4. The van der Waals surface area contributed by atoms with Crippen LogP contribution in [0.3, 0.4) is 0 Å². The highest BCUT2D eigenvalue weighted by Crippen LogP contribution is 2.38. The number of benzene rings is 9. The monoisotopic (exact) mass is 1300 g/mol. The minimum Gasteiger partial charge on any atom is -0.444 e. The number of aromatic nitrogens is 6. The van der Waals surface area contributed by atoms with E-state index in [1.807, 2.05) is 166 Å². The first kappa shape index (κ1) is 62.4. The smallest absolute Gasteiger partial charge is 0.407 e. The van der Waals surface area contributed by atoms with Crippen LogP contribution in [0.1, 0.15) is 40.0 Å². The molecule has 1 amide bonds. The molecule has 15 rings (SSSR count). The van der Waals surface area contributed by atoms with Gasteiger partial charge in [-0.25, -0.2) is 30.0 Å². The molecule has 23 heteroatoms. The topological polar surface area (TPSA) is 267 Å². The molecule has 0 saturated carbocycles. The molecule has 3 atom stereocenters. The van der Waals surface area contributed by atoms with Gasteiger partial charge in [-0.1, -0.05) is 109 Å². The van der Waals surface area contributed by atoms with Crippen molar-refractivity contribution in [3.63, 3.8) is 0 Å². The zero-order valence-corrected chi connectivity index (χ0v) is 54.6. The third-order valence-electron chi connectivity index (χ3n) is 17.4. The molecular formula is C70H72N12O8S3. The molecule has 3 aliphatic heterocycles. The second kappa shape index (κ2) is 24.6. The average molecular weight is 1310 g/mol. The maximum absolute atomic E-state index is 13.7. The first-order valence-corrected chi connectivity index (χ1v) is 35.3. The van der Waals surface area contributed by atoms with Gasteiger partial charge in [0, 0.05) is 115 Å². The van der Waals surface area contributed by atoms with Gasteiger partial charge in [-0.3, -0.25) is 14.5 Å². The summed E-state index contributed by atoms with van der Waals surface area (Å²) >= 11 is 0. The van der Waals surface area contributed by atoms with E-state index in [4.69, 9.17) is 16.2 Å². The Kier molecular flexibility index (Phi) is 16.5. The van der Waals surface area contributed by atoms with E-state index in [0.29, 0.717) is 54.8 Å². The van der Waals surface area contributed by atoms with Crippen molar-refractivity contribution in [2.24, 2.45) is 25.6 Å². The number of rotatable bonds is 10. The van der Waals surface area contributed by atoms with E-state index in [-0.39, 0.29) is 43.0 Å². The number of carbonyl (C=O) groups excluding carboxylic acids is 1. The van der Waals surface area contributed by atoms with Crippen LogP contribution >= 0.6 is 0 Å². The van der Waals surface area contributed by atoms with Gasteiger partial charge in [0.15, 0.2) is 15.1 Å². The van der Waals surface area contributed by atoms with Crippen molar-refractivity contribution in [1.82, 2.24) is 35.1 Å². The Morgan fingerprint density at radius 3 is 1.51 bits per heavy atom. The van der Waals surface area contributed by atoms with Crippen molar-refractivity contribution in [2.45, 2.75) is 93.5 Å². The van der Waals surface area contributed by atoms with E-state index < -0.39 is 41.2 Å². The number of nitrogens with one attached hydrogen (secondary N) is 2. The van der Waals surface area contributed by atoms with Crippen LogP contribution in [-0.4, -0.2) is 124 Å². The highest BCUT2D eigenvalue weighted by Gasteiger charge is 2.33. The van der Waals surface area contributed by atoms with E-state index in [1.165, 1.54) is 4.68 Å². The van der Waals surface area contributed by atoms with Crippen LogP contribution in [0.5, 0.6) is 0 Å². The highest BCUT2D eigenvalue weighted by molar-refractivity contribution is 7.92. The molecule has 3 aliphatic rings. The van der Waals surface area contributed by atoms with E-state index >= 15 is 0 Å². The Morgan fingerprint density at radius 2 is 0.968 bits per heavy atom. The van der Waals surface area contributed by atoms with E-state index in [1.54, 1.807) is 55.2 Å². The van der Waals surface area contributed by atoms with Crippen LogP contribution in [0.4, 0.5) is 21.9 Å². The van der Waals surface area contributed by atoms with Gasteiger partial charge in [0.05, 0.1) is 37.3 Å². The molecule has 0 radical (unpaired) electrons. The summed E-state index contributed by atoms with van der Waals surface area (Å²) in [6.45, 7) is 10.1. The summed E-state index contributed by atoms with van der Waals surface area (Å²) in [5.74, 6) is 0. The molecule has 3 saturated heterocycles. The molecule has 0 spiro atoms. The van der Waals surface area contributed by atoms with Crippen molar-refractivity contribution in [3.8, 4) is 0 Å². The summed E-state index contributed by atoms with van der Waals surface area (Å²) in [6.07, 6.45) is 2.21. The number of anilines is 3. The fraction of sp³-hybridized carbons (Fsp3) is 0.257. The number of nitrogens with zero attached hydrogens (tertiary/aromatic N) is 8. The highest BCUT2D eigenvalue weighted by atomic mass is 32.2. The lowest BCUT2D eigenvalue weighted by Gasteiger charge is -2.22. The number of aryl methyl sites for hydroxylation is 2. The number of hydrogen-bond acceptors (Lipinski definition) is 16. The number of H-pyrrole nitrogens is 1. The van der Waals surface area contributed by atoms with Gasteiger partial charge in [-0.2, -0.15) is 15.3 Å². The molecular weight excluding hydrogens is 1230 g/mol. The number of nitrogens with two attached hydrogens (primary N) is 2. The molecule has 6 N–H and O–H groups in total. The van der Waals surface area contributed by atoms with E-state index in [0.717, 1.165) is 90.7 Å². The Labute approximate surface area is 539 Å². The largest absolute Gasteiger partial charge is 0.444 e. The van der Waals surface area contributed by atoms with Gasteiger partial charge in [0.2, 0.25) is 29.5 Å². The molecule has 3 fully saturated rings. The molecule has 93 heavy (non-hydrogen) atoms. The van der Waals surface area contributed by atoms with Crippen molar-refractivity contribution < 1.29 is 34.8 Å². The van der Waals surface area contributed by atoms with Gasteiger partial charge >= 0.3 is 6.09 Å². The fourth-order valence-corrected chi connectivity index (χ4v) is 17.9. The van der Waals surface area contributed by atoms with E-state index in [2.05, 4.69) is 40.4 Å². The number of ether oxygens (including phenoxy) is 1. The number of fused-ring (bicyclic) bond motifs is 6. The lowest BCUT2D eigenvalue weighted by Crippen LogP contribution is -2.40. The van der Waals surface area contributed by atoms with E-state index in [9.17, 15) is 30.0 Å². The molecule has 0 aliphatic carbocycles. The summed E-state index contributed by atoms with van der Waals surface area (Å²) in [6, 6.07) is 56.0. The van der Waals surface area contributed by atoms with Crippen molar-refractivity contribution in [3.05, 3.63) is 182 Å². The summed E-state index contributed by atoms with van der Waals surface area (Å²) < 4.78 is 90.6. The number of alkyl carbamates (subject to hydrolysis) is 1. The second-order valence-electron chi connectivity index (χ2n) is 25.0. The van der Waals surface area contributed by atoms with Gasteiger partial charge in [-0.15, -0.1) is 0 Å². The molecule has 478 valence electrons. The lowest BCUT2D eigenvalue weighted by atomic mass is 10.1. The lowest BCUT2D eigenvalue weighted by molar-refractivity contribution is 0.0508. The molecule has 9 aromatic carbocycles. The second-order valence-corrected chi connectivity index (χ2v) is 30.5. The fourth-order valence-electron chi connectivity index (χ4n) is 12.9. The van der Waals surface area contributed by atoms with Gasteiger partial charge in [-0.05, 0) is 129 Å². The Balaban J connectivity index is 0.000000128. The maximum atomic E-state index is 13.7. The minimum atomic E-state index is -3.84. The standard InChI is InChI=1S/C26H28N4O4S.2C22H22N4O2S/c1-26(2,3)34-25(31)27-18-13-14-30(16-18)19-11-12-22-21(15-19)24(29-28-22)35(32,33)23-10-6-8-17-7-4-5-9-20(17)23;1-25-20-10-9-17(26-12-11-16(23)14-26)13-19(20)22(24-25)29(27,28)21-8-4-6-15-5-2-3-7-18(15)21;1-25-22(29(27,28)21-8-4-6-15-5-2-3-7-18(15)21)19-13-17(9-10-20(19)24-25)26-12-11-16(23)14-26/h4-12,15,18H,13-14,16H2,1-3H3,(H,27,31)(H,28,29);2*2-10,13,16H,11-12,14,23H2,1H3/t18-;2*16-/m111/s1. The van der Waals surface area contributed by atoms with Crippen LogP contribution in [-0.2, 0) is 48.3 Å². The average Bonchev–Trinajstić information content (AvgIpc) is 1.63. The summed E-state index contributed by atoms with van der Waals surface area (Å²) in [4.78, 5) is 19.5. The number of hydrogen-bond donors (Lipinski definition) is 4. The summed E-state index contributed by atoms with van der Waals surface area (Å²) in [5, 5.41) is 25.7. The third-order valence-corrected chi connectivity index (χ3v) is 22.9. The SMILES string of the molecule is CC(C)(C)OC(=O)N[C@@H]1CCN(c2ccc3n[nH]c(S(=O)(=O)c4cccc5ccccc45)c3c2)C1.Cn1nc(S(=O)(=O)c2cccc3ccccc23)c2cc(N3CC[C@@H](N)C3)ccc21.Cn1nc2ccc(N3CC[C@@H](N)C3)cc2c1S(=O)(=O)c1cccc2ccccc12. The first-order chi connectivity index (χ1) is 44.5. The van der Waals surface area contributed by atoms with Crippen LogP contribution in [0, 0.1) is 0 Å². The van der Waals surface area contributed by atoms with Crippen LogP contribution in [0.25, 0.3) is 65.0 Å². The molecule has 3 aromatic heterocycles. The zero-order valence-electron chi connectivity index (χ0n) is 52.1. The molecule has 0 unspecified atom stereocenters. The number of sulfone groups is 3. The van der Waals surface area contributed by atoms with Crippen molar-refractivity contribution in [1.29, 1.82) is 0 Å². The predicted molar refractivity (Wildman–Crippen MR) is 365 cm³/mol. The Bertz CT molecular complexity index is 5200. The quantitative estimate of drug-likeness (QED) is 0.0991. The van der Waals surface area contributed by atoms with Crippen LogP contribution < -0.4 is 31.5 Å². The number of carbonyl (C=O) groups is 1.